The smallest absolute Gasteiger partial charge is 0.312 e. The van der Waals surface area contributed by atoms with Crippen LogP contribution in [-0.2, 0) is 10.1 Å². The SMILES string of the molecule is Cc1cc(C)cc(OS(=O)(=O)CCOc2ccc(Br)cc2)c1. The van der Waals surface area contributed by atoms with E-state index < -0.39 is 10.1 Å². The van der Waals surface area contributed by atoms with Crippen molar-refractivity contribution < 1.29 is 17.3 Å². The normalized spacial score (nSPS) is 11.2. The van der Waals surface area contributed by atoms with Gasteiger partial charge in [-0.05, 0) is 61.4 Å². The molecule has 0 aliphatic heterocycles. The van der Waals surface area contributed by atoms with Crippen LogP contribution in [0.1, 0.15) is 11.1 Å². The summed E-state index contributed by atoms with van der Waals surface area (Å²) in [4.78, 5) is 0. The molecule has 0 bridgehead atoms. The topological polar surface area (TPSA) is 52.6 Å². The zero-order chi connectivity index (χ0) is 16.2. The highest BCUT2D eigenvalue weighted by Crippen LogP contribution is 2.19. The predicted octanol–water partition coefficient (Wildman–Crippen LogP) is 3.85. The second-order valence-electron chi connectivity index (χ2n) is 4.97. The Bertz CT molecular complexity index is 719. The van der Waals surface area contributed by atoms with E-state index in [9.17, 15) is 8.42 Å². The van der Waals surface area contributed by atoms with Crippen LogP contribution in [0.3, 0.4) is 0 Å². The number of rotatable bonds is 6. The molecule has 2 aromatic rings. The first-order chi connectivity index (χ1) is 10.3. The minimum absolute atomic E-state index is 0.0365. The van der Waals surface area contributed by atoms with E-state index in [0.717, 1.165) is 15.6 Å². The lowest BCUT2D eigenvalue weighted by molar-refractivity contribution is 0.336. The molecule has 0 heterocycles. The molecule has 118 valence electrons. The van der Waals surface area contributed by atoms with Crippen LogP contribution in [0.15, 0.2) is 46.9 Å². The largest absolute Gasteiger partial charge is 0.492 e. The molecule has 0 saturated heterocycles. The van der Waals surface area contributed by atoms with Crippen molar-refractivity contribution >= 4 is 26.0 Å². The summed E-state index contributed by atoms with van der Waals surface area (Å²) in [5.74, 6) is 0.738. The maximum absolute atomic E-state index is 12.0. The Kier molecular flexibility index (Phi) is 5.47. The van der Waals surface area contributed by atoms with E-state index in [4.69, 9.17) is 8.92 Å². The molecule has 22 heavy (non-hydrogen) atoms. The Morgan fingerprint density at radius 3 is 2.14 bits per heavy atom. The maximum Gasteiger partial charge on any atom is 0.312 e. The van der Waals surface area contributed by atoms with Gasteiger partial charge in [0.15, 0.2) is 0 Å². The number of ether oxygens (including phenoxy) is 1. The van der Waals surface area contributed by atoms with Gasteiger partial charge in [-0.25, -0.2) is 0 Å². The predicted molar refractivity (Wildman–Crippen MR) is 90.0 cm³/mol. The van der Waals surface area contributed by atoms with Crippen LogP contribution in [0, 0.1) is 13.8 Å². The lowest BCUT2D eigenvalue weighted by atomic mass is 10.1. The molecule has 0 fully saturated rings. The number of benzene rings is 2. The zero-order valence-electron chi connectivity index (χ0n) is 12.4. The van der Waals surface area contributed by atoms with Gasteiger partial charge in [0.1, 0.15) is 23.9 Å². The third kappa shape index (κ3) is 5.35. The molecule has 0 amide bonds. The van der Waals surface area contributed by atoms with Crippen molar-refractivity contribution in [2.24, 2.45) is 0 Å². The lowest BCUT2D eigenvalue weighted by Crippen LogP contribution is -2.19. The standard InChI is InChI=1S/C16H17BrO4S/c1-12-9-13(2)11-16(10-12)21-22(18,19)8-7-20-15-5-3-14(17)4-6-15/h3-6,9-11H,7-8H2,1-2H3. The van der Waals surface area contributed by atoms with E-state index in [1.807, 2.05) is 32.0 Å². The molecule has 2 aromatic carbocycles. The van der Waals surface area contributed by atoms with Gasteiger partial charge in [0.2, 0.25) is 0 Å². The van der Waals surface area contributed by atoms with Crippen LogP contribution in [0.2, 0.25) is 0 Å². The molecule has 0 spiro atoms. The third-order valence-electron chi connectivity index (χ3n) is 2.83. The first-order valence-corrected chi connectivity index (χ1v) is 9.10. The van der Waals surface area contributed by atoms with Gasteiger partial charge in [-0.1, -0.05) is 22.0 Å². The summed E-state index contributed by atoms with van der Waals surface area (Å²) in [7, 11) is -3.68. The summed E-state index contributed by atoms with van der Waals surface area (Å²) < 4.78 is 35.4. The summed E-state index contributed by atoms with van der Waals surface area (Å²) >= 11 is 3.32. The quantitative estimate of drug-likeness (QED) is 0.709. The molecule has 2 rings (SSSR count). The minimum atomic E-state index is -3.68. The van der Waals surface area contributed by atoms with Crippen molar-refractivity contribution in [1.82, 2.24) is 0 Å². The first-order valence-electron chi connectivity index (χ1n) is 6.73. The molecule has 0 radical (unpaired) electrons. The molecule has 6 heteroatoms. The molecule has 0 N–H and O–H groups in total. The van der Waals surface area contributed by atoms with Crippen LogP contribution in [0.5, 0.6) is 11.5 Å². The van der Waals surface area contributed by atoms with Crippen LogP contribution in [0.4, 0.5) is 0 Å². The van der Waals surface area contributed by atoms with Gasteiger partial charge < -0.3 is 8.92 Å². The Hall–Kier alpha value is -1.53. The fourth-order valence-electron chi connectivity index (χ4n) is 1.96. The van der Waals surface area contributed by atoms with Crippen molar-refractivity contribution in [2.75, 3.05) is 12.4 Å². The van der Waals surface area contributed by atoms with Crippen molar-refractivity contribution in [2.45, 2.75) is 13.8 Å². The van der Waals surface area contributed by atoms with Gasteiger partial charge in [-0.3, -0.25) is 0 Å². The molecule has 0 saturated carbocycles. The number of hydrogen-bond acceptors (Lipinski definition) is 4. The van der Waals surface area contributed by atoms with Crippen LogP contribution >= 0.6 is 15.9 Å². The van der Waals surface area contributed by atoms with E-state index in [-0.39, 0.29) is 12.4 Å². The highest BCUT2D eigenvalue weighted by atomic mass is 79.9. The Morgan fingerprint density at radius 2 is 1.55 bits per heavy atom. The third-order valence-corrected chi connectivity index (χ3v) is 4.48. The van der Waals surface area contributed by atoms with Gasteiger partial charge in [0, 0.05) is 4.47 Å². The van der Waals surface area contributed by atoms with Crippen LogP contribution in [-0.4, -0.2) is 20.8 Å². The van der Waals surface area contributed by atoms with Gasteiger partial charge in [0.05, 0.1) is 0 Å². The molecule has 0 aromatic heterocycles. The second kappa shape index (κ2) is 7.15. The highest BCUT2D eigenvalue weighted by Gasteiger charge is 2.13. The molecule has 0 aliphatic carbocycles. The van der Waals surface area contributed by atoms with Gasteiger partial charge in [0.25, 0.3) is 0 Å². The molecular weight excluding hydrogens is 368 g/mol. The molecule has 0 atom stereocenters. The summed E-state index contributed by atoms with van der Waals surface area (Å²) in [5, 5.41) is 0. The van der Waals surface area contributed by atoms with Crippen molar-refractivity contribution in [1.29, 1.82) is 0 Å². The summed E-state index contributed by atoms with van der Waals surface area (Å²) in [6.07, 6.45) is 0. The molecule has 0 unspecified atom stereocenters. The number of aryl methyl sites for hydroxylation is 2. The molecule has 0 aliphatic rings. The molecule has 4 nitrogen and oxygen atoms in total. The van der Waals surface area contributed by atoms with Gasteiger partial charge >= 0.3 is 10.1 Å². The summed E-state index contributed by atoms with van der Waals surface area (Å²) in [6, 6.07) is 12.5. The van der Waals surface area contributed by atoms with Crippen molar-refractivity contribution in [3.8, 4) is 11.5 Å². The fourth-order valence-corrected chi connectivity index (χ4v) is 2.99. The molecular formula is C16H17BrO4S. The average Bonchev–Trinajstić information content (AvgIpc) is 2.39. The van der Waals surface area contributed by atoms with E-state index in [1.165, 1.54) is 0 Å². The number of halogens is 1. The minimum Gasteiger partial charge on any atom is -0.492 e. The Balaban J connectivity index is 1.92. The first kappa shape index (κ1) is 16.8. The average molecular weight is 385 g/mol. The maximum atomic E-state index is 12.0. The van der Waals surface area contributed by atoms with Crippen LogP contribution < -0.4 is 8.92 Å². The second-order valence-corrected chi connectivity index (χ2v) is 7.58. The van der Waals surface area contributed by atoms with E-state index in [0.29, 0.717) is 11.5 Å². The van der Waals surface area contributed by atoms with Crippen molar-refractivity contribution in [3.63, 3.8) is 0 Å². The Labute approximate surface area is 139 Å². The highest BCUT2D eigenvalue weighted by molar-refractivity contribution is 9.10. The summed E-state index contributed by atoms with van der Waals surface area (Å²) in [6.45, 7) is 3.82. The van der Waals surface area contributed by atoms with Crippen LogP contribution in [0.25, 0.3) is 0 Å². The zero-order valence-corrected chi connectivity index (χ0v) is 14.8. The van der Waals surface area contributed by atoms with Gasteiger partial charge in [-0.2, -0.15) is 8.42 Å². The Morgan fingerprint density at radius 1 is 0.955 bits per heavy atom. The van der Waals surface area contributed by atoms with Crippen molar-refractivity contribution in [3.05, 3.63) is 58.1 Å². The number of hydrogen-bond donors (Lipinski definition) is 0. The monoisotopic (exact) mass is 384 g/mol. The van der Waals surface area contributed by atoms with E-state index in [2.05, 4.69) is 15.9 Å². The van der Waals surface area contributed by atoms with Gasteiger partial charge in [-0.15, -0.1) is 0 Å². The fraction of sp³-hybridized carbons (Fsp3) is 0.250. The lowest BCUT2D eigenvalue weighted by Gasteiger charge is -2.10. The summed E-state index contributed by atoms with van der Waals surface area (Å²) in [5.41, 5.74) is 1.91. The van der Waals surface area contributed by atoms with E-state index in [1.54, 1.807) is 24.3 Å². The van der Waals surface area contributed by atoms with E-state index >= 15 is 0 Å².